The monoisotopic (exact) mass is 291 g/mol. The second-order valence-electron chi connectivity index (χ2n) is 5.97. The van der Waals surface area contributed by atoms with Crippen LogP contribution in [-0.2, 0) is 4.74 Å². The quantitative estimate of drug-likeness (QED) is 0.729. The minimum Gasteiger partial charge on any atom is -0.365 e. The fraction of sp³-hybridized carbons (Fsp3) is 0.333. The lowest BCUT2D eigenvalue weighted by atomic mass is 9.85. The van der Waals surface area contributed by atoms with Crippen LogP contribution in [0.25, 0.3) is 0 Å². The van der Waals surface area contributed by atoms with Gasteiger partial charge >= 0.3 is 0 Å². The molecule has 22 heavy (non-hydrogen) atoms. The van der Waals surface area contributed by atoms with Gasteiger partial charge in [0.05, 0.1) is 12.2 Å². The first kappa shape index (κ1) is 15.1. The molecule has 1 heterocycles. The Hall–Kier alpha value is -1.86. The van der Waals surface area contributed by atoms with Gasteiger partial charge < -0.3 is 4.74 Å². The topological polar surface area (TPSA) is 9.23 Å². The van der Waals surface area contributed by atoms with Gasteiger partial charge in [-0.15, -0.1) is 0 Å². The first-order valence-electron chi connectivity index (χ1n) is 8.08. The molecule has 1 radical (unpaired) electrons. The summed E-state index contributed by atoms with van der Waals surface area (Å²) in [4.78, 5) is 0. The summed E-state index contributed by atoms with van der Waals surface area (Å²) in [6.07, 6.45) is 5.78. The van der Waals surface area contributed by atoms with Gasteiger partial charge in [-0.3, -0.25) is 0 Å². The fourth-order valence-corrected chi connectivity index (χ4v) is 3.29. The molecule has 2 aromatic carbocycles. The maximum absolute atomic E-state index is 6.49. The second kappa shape index (κ2) is 6.93. The van der Waals surface area contributed by atoms with E-state index in [1.54, 1.807) is 0 Å². The molecule has 1 nitrogen and oxygen atoms in total. The van der Waals surface area contributed by atoms with E-state index in [0.717, 1.165) is 12.8 Å². The van der Waals surface area contributed by atoms with Gasteiger partial charge in [0.25, 0.3) is 0 Å². The van der Waals surface area contributed by atoms with E-state index >= 15 is 0 Å². The van der Waals surface area contributed by atoms with Crippen LogP contribution in [0.1, 0.15) is 49.8 Å². The van der Waals surface area contributed by atoms with Crippen molar-refractivity contribution in [2.75, 3.05) is 0 Å². The van der Waals surface area contributed by atoms with Crippen molar-refractivity contribution >= 4 is 0 Å². The average molecular weight is 291 g/mol. The molecule has 1 aliphatic heterocycles. The first-order chi connectivity index (χ1) is 10.8. The van der Waals surface area contributed by atoms with Crippen molar-refractivity contribution in [2.24, 2.45) is 0 Å². The van der Waals surface area contributed by atoms with Gasteiger partial charge in [-0.1, -0.05) is 67.6 Å². The summed E-state index contributed by atoms with van der Waals surface area (Å²) in [5, 5.41) is 0. The molecule has 1 aliphatic rings. The van der Waals surface area contributed by atoms with Crippen LogP contribution in [0.2, 0.25) is 0 Å². The number of hydrogen-bond donors (Lipinski definition) is 0. The molecule has 2 aromatic rings. The minimum atomic E-state index is 0.117. The van der Waals surface area contributed by atoms with Gasteiger partial charge in [0.1, 0.15) is 0 Å². The van der Waals surface area contributed by atoms with E-state index in [1.165, 1.54) is 16.7 Å². The Labute approximate surface area is 133 Å². The molecule has 3 rings (SSSR count). The van der Waals surface area contributed by atoms with Crippen molar-refractivity contribution in [1.29, 1.82) is 0 Å². The Bertz CT molecular complexity index is 615. The van der Waals surface area contributed by atoms with E-state index < -0.39 is 0 Å². The number of allylic oxidation sites excluding steroid dienone is 1. The van der Waals surface area contributed by atoms with Crippen LogP contribution < -0.4 is 0 Å². The van der Waals surface area contributed by atoms with E-state index in [0.29, 0.717) is 5.92 Å². The zero-order valence-electron chi connectivity index (χ0n) is 13.3. The summed E-state index contributed by atoms with van der Waals surface area (Å²) in [6, 6.07) is 21.2. The maximum atomic E-state index is 6.49. The highest BCUT2D eigenvalue weighted by Gasteiger charge is 2.31. The summed E-state index contributed by atoms with van der Waals surface area (Å²) >= 11 is 0. The zero-order chi connectivity index (χ0) is 15.4. The van der Waals surface area contributed by atoms with E-state index in [4.69, 9.17) is 4.74 Å². The van der Waals surface area contributed by atoms with E-state index in [9.17, 15) is 0 Å². The molecule has 1 fully saturated rings. The number of benzene rings is 2. The molecule has 0 amide bonds. The predicted octanol–water partition coefficient (Wildman–Crippen LogP) is 5.46. The Morgan fingerprint density at radius 2 is 1.64 bits per heavy atom. The van der Waals surface area contributed by atoms with Crippen LogP contribution in [0.15, 0.2) is 66.2 Å². The predicted molar refractivity (Wildman–Crippen MR) is 90.6 cm³/mol. The second-order valence-corrected chi connectivity index (χ2v) is 5.97. The summed E-state index contributed by atoms with van der Waals surface area (Å²) < 4.78 is 6.49. The molecule has 1 saturated heterocycles. The molecule has 0 N–H and O–H groups in total. The molecule has 0 spiro atoms. The van der Waals surface area contributed by atoms with Crippen molar-refractivity contribution in [3.63, 3.8) is 0 Å². The zero-order valence-corrected chi connectivity index (χ0v) is 13.3. The van der Waals surface area contributed by atoms with Gasteiger partial charge in [0, 0.05) is 5.92 Å². The first-order valence-corrected chi connectivity index (χ1v) is 8.08. The number of rotatable bonds is 3. The third kappa shape index (κ3) is 3.15. The van der Waals surface area contributed by atoms with Gasteiger partial charge in [0.15, 0.2) is 0 Å². The van der Waals surface area contributed by atoms with Crippen LogP contribution in [0.4, 0.5) is 0 Å². The van der Waals surface area contributed by atoms with E-state index in [1.807, 2.05) is 6.92 Å². The molecule has 3 unspecified atom stereocenters. The molecular formula is C21H23O. The largest absolute Gasteiger partial charge is 0.365 e. The van der Waals surface area contributed by atoms with Crippen molar-refractivity contribution in [1.82, 2.24) is 0 Å². The Balaban J connectivity index is 1.83. The highest BCUT2D eigenvalue weighted by atomic mass is 16.5. The number of hydrogen-bond acceptors (Lipinski definition) is 1. The van der Waals surface area contributed by atoms with Gasteiger partial charge in [-0.2, -0.15) is 0 Å². The normalized spacial score (nSPS) is 25.1. The lowest BCUT2D eigenvalue weighted by Crippen LogP contribution is -2.29. The number of ether oxygens (including phenoxy) is 1. The van der Waals surface area contributed by atoms with E-state index in [-0.39, 0.29) is 12.2 Å². The van der Waals surface area contributed by atoms with Crippen molar-refractivity contribution in [3.8, 4) is 0 Å². The molecule has 0 aromatic heterocycles. The molecule has 3 atom stereocenters. The summed E-state index contributed by atoms with van der Waals surface area (Å²) in [6.45, 7) is 4.26. The molecular weight excluding hydrogens is 268 g/mol. The SMILES string of the molecule is C/[C]=C1\CCC(c2ccccc2)OC1C(C)c1ccccc1. The smallest absolute Gasteiger partial charge is 0.0864 e. The van der Waals surface area contributed by atoms with Crippen LogP contribution >= 0.6 is 0 Å². The Morgan fingerprint density at radius 3 is 2.27 bits per heavy atom. The molecule has 0 bridgehead atoms. The van der Waals surface area contributed by atoms with Crippen molar-refractivity contribution < 1.29 is 4.74 Å². The highest BCUT2D eigenvalue weighted by Crippen LogP contribution is 2.39. The summed E-state index contributed by atoms with van der Waals surface area (Å²) in [5.74, 6) is 0.343. The molecule has 113 valence electrons. The van der Waals surface area contributed by atoms with Crippen molar-refractivity contribution in [3.05, 3.63) is 83.4 Å². The Kier molecular flexibility index (Phi) is 4.74. The van der Waals surface area contributed by atoms with Crippen LogP contribution in [0, 0.1) is 6.08 Å². The van der Waals surface area contributed by atoms with Crippen molar-refractivity contribution in [2.45, 2.75) is 44.8 Å². The molecule has 0 aliphatic carbocycles. The molecule has 1 heteroatoms. The summed E-state index contributed by atoms with van der Waals surface area (Å²) in [7, 11) is 0. The summed E-state index contributed by atoms with van der Waals surface area (Å²) in [5.41, 5.74) is 3.92. The molecule has 0 saturated carbocycles. The van der Waals surface area contributed by atoms with E-state index in [2.05, 4.69) is 73.7 Å². The third-order valence-electron chi connectivity index (χ3n) is 4.60. The maximum Gasteiger partial charge on any atom is 0.0864 e. The van der Waals surface area contributed by atoms with Gasteiger partial charge in [0.2, 0.25) is 0 Å². The van der Waals surface area contributed by atoms with Crippen LogP contribution in [0.3, 0.4) is 0 Å². The lowest BCUT2D eigenvalue weighted by Gasteiger charge is -2.36. The highest BCUT2D eigenvalue weighted by molar-refractivity contribution is 5.26. The van der Waals surface area contributed by atoms with Crippen LogP contribution in [-0.4, -0.2) is 6.10 Å². The third-order valence-corrected chi connectivity index (χ3v) is 4.60. The average Bonchev–Trinajstić information content (AvgIpc) is 2.62. The fourth-order valence-electron chi connectivity index (χ4n) is 3.29. The van der Waals surface area contributed by atoms with Gasteiger partial charge in [-0.05, 0) is 42.5 Å². The Morgan fingerprint density at radius 1 is 1.00 bits per heavy atom. The standard InChI is InChI=1S/C21H23O/c1-3-17-14-15-20(19-12-8-5-9-13-19)22-21(17)16(2)18-10-6-4-7-11-18/h4-13,16,20-21H,14-15H2,1-2H3. The van der Waals surface area contributed by atoms with Crippen LogP contribution in [0.5, 0.6) is 0 Å². The minimum absolute atomic E-state index is 0.117. The lowest BCUT2D eigenvalue weighted by molar-refractivity contribution is -0.0315. The van der Waals surface area contributed by atoms with Gasteiger partial charge in [-0.25, -0.2) is 0 Å².